The molecular weight excluding hydrogens is 454 g/mol. The van der Waals surface area contributed by atoms with Crippen LogP contribution in [0, 0.1) is 0 Å². The lowest BCUT2D eigenvalue weighted by atomic mass is 9.85. The molecule has 9 aromatic rings. The number of furan rings is 2. The fourth-order valence-corrected chi connectivity index (χ4v) is 6.48. The normalized spacial score (nSPS) is 13.3. The first-order chi connectivity index (χ1) is 18.0. The Balaban J connectivity index is 1.64. The van der Waals surface area contributed by atoms with Crippen molar-refractivity contribution in [3.05, 3.63) is 90.5 Å². The standard InChI is InChI=1S/C34H23NO2/c1-34(2,3)18-16-25-21-12-14-23-19-8-4-6-10-27(19)36-32(23)30(21)35-29(25)26(17-18)22-13-15-24-20-9-5-7-11-28(20)37-33(24)31(22)35/h4-17H,1-3H3. The summed E-state index contributed by atoms with van der Waals surface area (Å²) in [5.74, 6) is 0. The highest BCUT2D eigenvalue weighted by Gasteiger charge is 2.26. The monoisotopic (exact) mass is 477 g/mol. The molecule has 0 aliphatic heterocycles. The highest BCUT2D eigenvalue weighted by Crippen LogP contribution is 2.47. The zero-order valence-electron chi connectivity index (χ0n) is 20.8. The van der Waals surface area contributed by atoms with Gasteiger partial charge in [-0.05, 0) is 47.4 Å². The van der Waals surface area contributed by atoms with Crippen LogP contribution in [0.5, 0.6) is 0 Å². The van der Waals surface area contributed by atoms with Gasteiger partial charge >= 0.3 is 0 Å². The molecule has 0 aliphatic rings. The molecule has 0 saturated carbocycles. The zero-order valence-corrected chi connectivity index (χ0v) is 20.8. The van der Waals surface area contributed by atoms with E-state index in [0.717, 1.165) is 54.9 Å². The van der Waals surface area contributed by atoms with E-state index in [-0.39, 0.29) is 5.41 Å². The maximum Gasteiger partial charge on any atom is 0.160 e. The lowest BCUT2D eigenvalue weighted by molar-refractivity contribution is 0.592. The third-order valence-corrected chi connectivity index (χ3v) is 8.27. The molecule has 9 rings (SSSR count). The molecule has 0 aliphatic carbocycles. The van der Waals surface area contributed by atoms with Gasteiger partial charge in [0.15, 0.2) is 11.2 Å². The van der Waals surface area contributed by atoms with E-state index in [1.807, 2.05) is 12.1 Å². The average Bonchev–Trinajstić information content (AvgIpc) is 3.63. The molecule has 0 atom stereocenters. The molecule has 0 spiro atoms. The molecule has 0 fully saturated rings. The fourth-order valence-electron chi connectivity index (χ4n) is 6.48. The highest BCUT2D eigenvalue weighted by atomic mass is 16.3. The number of benzene rings is 5. The van der Waals surface area contributed by atoms with Gasteiger partial charge < -0.3 is 13.2 Å². The number of nitrogens with zero attached hydrogens (tertiary/aromatic N) is 1. The molecule has 0 bridgehead atoms. The molecule has 4 aromatic heterocycles. The van der Waals surface area contributed by atoms with E-state index in [1.54, 1.807) is 0 Å². The van der Waals surface area contributed by atoms with E-state index in [2.05, 4.69) is 98.0 Å². The van der Waals surface area contributed by atoms with Gasteiger partial charge in [-0.25, -0.2) is 0 Å². The number of para-hydroxylation sites is 2. The van der Waals surface area contributed by atoms with Gasteiger partial charge in [0.1, 0.15) is 11.2 Å². The Labute approximate surface area is 211 Å². The van der Waals surface area contributed by atoms with E-state index in [9.17, 15) is 0 Å². The third-order valence-electron chi connectivity index (χ3n) is 8.27. The van der Waals surface area contributed by atoms with Crippen LogP contribution in [0.25, 0.3) is 82.0 Å². The van der Waals surface area contributed by atoms with Crippen LogP contribution in [0.2, 0.25) is 0 Å². The summed E-state index contributed by atoms with van der Waals surface area (Å²) in [6, 6.07) is 30.4. The number of hydrogen-bond acceptors (Lipinski definition) is 2. The first kappa shape index (κ1) is 19.7. The minimum atomic E-state index is 0.0226. The summed E-state index contributed by atoms with van der Waals surface area (Å²) in [6.45, 7) is 6.86. The second kappa shape index (κ2) is 6.24. The smallest absolute Gasteiger partial charge is 0.160 e. The SMILES string of the molecule is CC(C)(C)c1cc2c3ccc4c5ccccc5oc4c3n3c2c(c1)c1ccc2c4ccccc4oc2c13. The van der Waals surface area contributed by atoms with Crippen LogP contribution in [-0.4, -0.2) is 4.40 Å². The third kappa shape index (κ3) is 2.29. The lowest BCUT2D eigenvalue weighted by Gasteiger charge is -2.19. The maximum absolute atomic E-state index is 6.59. The average molecular weight is 478 g/mol. The van der Waals surface area contributed by atoms with Crippen molar-refractivity contribution < 1.29 is 8.83 Å². The lowest BCUT2D eigenvalue weighted by Crippen LogP contribution is -2.10. The molecule has 4 heterocycles. The summed E-state index contributed by atoms with van der Waals surface area (Å²) in [5.41, 5.74) is 8.51. The van der Waals surface area contributed by atoms with Gasteiger partial charge in [0.05, 0.1) is 16.6 Å². The fraction of sp³-hybridized carbons (Fsp3) is 0.118. The molecule has 5 aromatic carbocycles. The van der Waals surface area contributed by atoms with Crippen molar-refractivity contribution >= 4 is 82.0 Å². The second-order valence-corrected chi connectivity index (χ2v) is 11.4. The summed E-state index contributed by atoms with van der Waals surface area (Å²) < 4.78 is 15.6. The van der Waals surface area contributed by atoms with E-state index in [4.69, 9.17) is 8.83 Å². The summed E-state index contributed by atoms with van der Waals surface area (Å²) in [7, 11) is 0. The van der Waals surface area contributed by atoms with E-state index in [0.29, 0.717) is 0 Å². The Morgan fingerprint density at radius 1 is 0.486 bits per heavy atom. The molecule has 0 N–H and O–H groups in total. The second-order valence-electron chi connectivity index (χ2n) is 11.4. The van der Waals surface area contributed by atoms with Gasteiger partial charge in [-0.3, -0.25) is 0 Å². The molecule has 3 heteroatoms. The molecule has 3 nitrogen and oxygen atoms in total. The van der Waals surface area contributed by atoms with Crippen molar-refractivity contribution in [2.45, 2.75) is 26.2 Å². The van der Waals surface area contributed by atoms with Gasteiger partial charge in [0.25, 0.3) is 0 Å². The van der Waals surface area contributed by atoms with E-state index >= 15 is 0 Å². The summed E-state index contributed by atoms with van der Waals surface area (Å²) in [6.07, 6.45) is 0. The Morgan fingerprint density at radius 3 is 1.43 bits per heavy atom. The van der Waals surface area contributed by atoms with E-state index in [1.165, 1.54) is 32.6 Å². The van der Waals surface area contributed by atoms with Gasteiger partial charge in [-0.2, -0.15) is 0 Å². The Kier molecular flexibility index (Phi) is 3.32. The van der Waals surface area contributed by atoms with Crippen LogP contribution >= 0.6 is 0 Å². The quantitative estimate of drug-likeness (QED) is 0.217. The predicted octanol–water partition coefficient (Wildman–Crippen LogP) is 9.93. The zero-order chi connectivity index (χ0) is 24.6. The Morgan fingerprint density at radius 2 is 0.946 bits per heavy atom. The van der Waals surface area contributed by atoms with Crippen LogP contribution in [-0.2, 0) is 5.41 Å². The number of rotatable bonds is 0. The van der Waals surface area contributed by atoms with Crippen LogP contribution in [0.15, 0.2) is 93.8 Å². The van der Waals surface area contributed by atoms with Crippen molar-refractivity contribution in [2.75, 3.05) is 0 Å². The molecule has 37 heavy (non-hydrogen) atoms. The van der Waals surface area contributed by atoms with Gasteiger partial charge in [0.2, 0.25) is 0 Å². The minimum Gasteiger partial charge on any atom is -0.454 e. The number of fused-ring (bicyclic) bond motifs is 14. The van der Waals surface area contributed by atoms with Crippen molar-refractivity contribution in [2.24, 2.45) is 0 Å². The van der Waals surface area contributed by atoms with Crippen LogP contribution in [0.3, 0.4) is 0 Å². The van der Waals surface area contributed by atoms with Gasteiger partial charge in [-0.1, -0.05) is 69.3 Å². The predicted molar refractivity (Wildman–Crippen MR) is 154 cm³/mol. The highest BCUT2D eigenvalue weighted by molar-refractivity contribution is 6.31. The van der Waals surface area contributed by atoms with Crippen LogP contribution in [0.4, 0.5) is 0 Å². The molecule has 0 amide bonds. The minimum absolute atomic E-state index is 0.0226. The van der Waals surface area contributed by atoms with Crippen molar-refractivity contribution in [3.63, 3.8) is 0 Å². The Bertz CT molecular complexity index is 2230. The molecule has 0 radical (unpaired) electrons. The van der Waals surface area contributed by atoms with Gasteiger partial charge in [0, 0.05) is 43.1 Å². The topological polar surface area (TPSA) is 30.7 Å². The number of aromatic nitrogens is 1. The van der Waals surface area contributed by atoms with Crippen LogP contribution < -0.4 is 0 Å². The Hall–Kier alpha value is -4.50. The molecule has 0 unspecified atom stereocenters. The molecular formula is C34H23NO2. The summed E-state index contributed by atoms with van der Waals surface area (Å²) >= 11 is 0. The first-order valence-electron chi connectivity index (χ1n) is 12.9. The van der Waals surface area contributed by atoms with E-state index < -0.39 is 0 Å². The molecule has 176 valence electrons. The first-order valence-corrected chi connectivity index (χ1v) is 12.9. The summed E-state index contributed by atoms with van der Waals surface area (Å²) in [5, 5.41) is 9.54. The maximum atomic E-state index is 6.59. The van der Waals surface area contributed by atoms with Crippen molar-refractivity contribution in [3.8, 4) is 0 Å². The van der Waals surface area contributed by atoms with Crippen molar-refractivity contribution in [1.82, 2.24) is 4.40 Å². The van der Waals surface area contributed by atoms with Gasteiger partial charge in [-0.15, -0.1) is 0 Å². The summed E-state index contributed by atoms with van der Waals surface area (Å²) in [4.78, 5) is 0. The molecule has 0 saturated heterocycles. The largest absolute Gasteiger partial charge is 0.454 e. The number of hydrogen-bond donors (Lipinski definition) is 0. The van der Waals surface area contributed by atoms with Crippen LogP contribution in [0.1, 0.15) is 26.3 Å². The van der Waals surface area contributed by atoms with Crippen molar-refractivity contribution in [1.29, 1.82) is 0 Å².